The van der Waals surface area contributed by atoms with Crippen LogP contribution in [0.25, 0.3) is 0 Å². The third kappa shape index (κ3) is 6.44. The van der Waals surface area contributed by atoms with Gasteiger partial charge in [-0.05, 0) is 20.3 Å². The van der Waals surface area contributed by atoms with Crippen LogP contribution in [0.15, 0.2) is 0 Å². The number of aliphatic carboxylic acids is 1. The Kier molecular flexibility index (Phi) is 9.00. The molecule has 0 heterocycles. The normalized spacial score (nSPS) is 11.9. The van der Waals surface area contributed by atoms with E-state index in [2.05, 4.69) is 5.32 Å². The zero-order valence-corrected chi connectivity index (χ0v) is 11.4. The summed E-state index contributed by atoms with van der Waals surface area (Å²) in [5, 5.41) is 11.5. The van der Waals surface area contributed by atoms with Crippen molar-refractivity contribution in [3.05, 3.63) is 0 Å². The summed E-state index contributed by atoms with van der Waals surface area (Å²) in [5.74, 6) is -0.994. The van der Waals surface area contributed by atoms with Crippen LogP contribution in [0.5, 0.6) is 0 Å². The van der Waals surface area contributed by atoms with Crippen molar-refractivity contribution in [3.63, 3.8) is 0 Å². The fourth-order valence-electron chi connectivity index (χ4n) is 1.51. The maximum atomic E-state index is 11.9. The van der Waals surface area contributed by atoms with Gasteiger partial charge in [0.05, 0.1) is 6.61 Å². The molecule has 0 aliphatic carbocycles. The van der Waals surface area contributed by atoms with Gasteiger partial charge in [0, 0.05) is 19.7 Å². The number of carbonyl (C=O) groups excluding carboxylic acids is 1. The van der Waals surface area contributed by atoms with E-state index in [0.717, 1.165) is 0 Å². The molecule has 0 bridgehead atoms. The lowest BCUT2D eigenvalue weighted by Gasteiger charge is -2.23. The highest BCUT2D eigenvalue weighted by Gasteiger charge is 2.21. The smallest absolute Gasteiger partial charge is 0.326 e. The highest BCUT2D eigenvalue weighted by Crippen LogP contribution is 1.99. The molecule has 106 valence electrons. The molecule has 0 radical (unpaired) electrons. The molecule has 0 aliphatic rings. The van der Waals surface area contributed by atoms with Gasteiger partial charge in [-0.15, -0.1) is 0 Å². The zero-order chi connectivity index (χ0) is 14.0. The molecule has 1 atom stereocenters. The highest BCUT2D eigenvalue weighted by molar-refractivity contribution is 5.82. The van der Waals surface area contributed by atoms with E-state index in [9.17, 15) is 9.59 Å². The average molecular weight is 260 g/mol. The summed E-state index contributed by atoms with van der Waals surface area (Å²) in [6.07, 6.45) is 1.15. The number of hydrogen-bond acceptors (Lipinski definition) is 3. The van der Waals surface area contributed by atoms with Crippen LogP contribution >= 0.6 is 0 Å². The second kappa shape index (κ2) is 9.70. The molecule has 0 saturated heterocycles. The van der Waals surface area contributed by atoms with E-state index in [1.165, 1.54) is 0 Å². The first-order chi connectivity index (χ1) is 8.56. The monoisotopic (exact) mass is 260 g/mol. The number of amides is 2. The predicted molar refractivity (Wildman–Crippen MR) is 68.6 cm³/mol. The Morgan fingerprint density at radius 3 is 2.44 bits per heavy atom. The lowest BCUT2D eigenvalue weighted by atomic mass is 10.2. The van der Waals surface area contributed by atoms with E-state index in [1.54, 1.807) is 4.90 Å². The molecular formula is C12H24N2O4. The van der Waals surface area contributed by atoms with Gasteiger partial charge in [-0.25, -0.2) is 9.59 Å². The predicted octanol–water partition coefficient (Wildman–Crippen LogP) is 1.31. The minimum Gasteiger partial charge on any atom is -0.480 e. The molecule has 0 aromatic heterocycles. The van der Waals surface area contributed by atoms with E-state index >= 15 is 0 Å². The van der Waals surface area contributed by atoms with Crippen molar-refractivity contribution >= 4 is 12.0 Å². The van der Waals surface area contributed by atoms with Crippen molar-refractivity contribution in [2.45, 2.75) is 39.7 Å². The molecule has 0 rings (SSSR count). The van der Waals surface area contributed by atoms with E-state index in [4.69, 9.17) is 9.84 Å². The Morgan fingerprint density at radius 2 is 2.00 bits per heavy atom. The molecule has 0 fully saturated rings. The average Bonchev–Trinajstić information content (AvgIpc) is 2.33. The van der Waals surface area contributed by atoms with Crippen LogP contribution in [0, 0.1) is 0 Å². The fourth-order valence-corrected chi connectivity index (χ4v) is 1.51. The summed E-state index contributed by atoms with van der Waals surface area (Å²) in [6.45, 7) is 7.68. The largest absolute Gasteiger partial charge is 0.480 e. The summed E-state index contributed by atoms with van der Waals surface area (Å²) in [4.78, 5) is 24.3. The quantitative estimate of drug-likeness (QED) is 0.613. The van der Waals surface area contributed by atoms with Gasteiger partial charge in [0.2, 0.25) is 0 Å². The van der Waals surface area contributed by atoms with Crippen LogP contribution < -0.4 is 5.32 Å². The minimum absolute atomic E-state index is 0.349. The van der Waals surface area contributed by atoms with Crippen LogP contribution in [0.3, 0.4) is 0 Å². The summed E-state index contributed by atoms with van der Waals surface area (Å²) in [5.41, 5.74) is 0. The van der Waals surface area contributed by atoms with Crippen LogP contribution in [0.1, 0.15) is 33.6 Å². The molecule has 0 spiro atoms. The van der Waals surface area contributed by atoms with Gasteiger partial charge in [-0.1, -0.05) is 13.3 Å². The number of rotatable bonds is 9. The highest BCUT2D eigenvalue weighted by atomic mass is 16.5. The van der Waals surface area contributed by atoms with E-state index in [-0.39, 0.29) is 6.03 Å². The fraction of sp³-hybridized carbons (Fsp3) is 0.833. The SMILES string of the molecule is CCC[C@@H](NC(=O)N(CC)CCOCC)C(=O)O. The number of urea groups is 1. The van der Waals surface area contributed by atoms with E-state index in [0.29, 0.717) is 39.1 Å². The Labute approximate surface area is 108 Å². The van der Waals surface area contributed by atoms with Crippen molar-refractivity contribution in [2.24, 2.45) is 0 Å². The molecular weight excluding hydrogens is 236 g/mol. The number of ether oxygens (including phenoxy) is 1. The first-order valence-electron chi connectivity index (χ1n) is 6.42. The Hall–Kier alpha value is -1.30. The maximum Gasteiger partial charge on any atom is 0.326 e. The van der Waals surface area contributed by atoms with Crippen molar-refractivity contribution in [1.82, 2.24) is 10.2 Å². The Morgan fingerprint density at radius 1 is 1.33 bits per heavy atom. The number of carboxylic acids is 1. The third-order valence-corrected chi connectivity index (χ3v) is 2.55. The number of nitrogens with one attached hydrogen (secondary N) is 1. The first-order valence-corrected chi connectivity index (χ1v) is 6.42. The van der Waals surface area contributed by atoms with Crippen LogP contribution in [0.4, 0.5) is 4.79 Å². The van der Waals surface area contributed by atoms with E-state index in [1.807, 2.05) is 20.8 Å². The summed E-state index contributed by atoms with van der Waals surface area (Å²) < 4.78 is 5.18. The molecule has 2 N–H and O–H groups in total. The molecule has 18 heavy (non-hydrogen) atoms. The van der Waals surface area contributed by atoms with Crippen LogP contribution in [-0.4, -0.2) is 54.4 Å². The molecule has 0 saturated carbocycles. The number of carbonyl (C=O) groups is 2. The molecule has 6 nitrogen and oxygen atoms in total. The Balaban J connectivity index is 4.26. The third-order valence-electron chi connectivity index (χ3n) is 2.55. The zero-order valence-electron chi connectivity index (χ0n) is 11.4. The number of carboxylic acid groups (broad SMARTS) is 1. The van der Waals surface area contributed by atoms with Crippen molar-refractivity contribution < 1.29 is 19.4 Å². The minimum atomic E-state index is -0.994. The standard InChI is InChI=1S/C12H24N2O4/c1-4-7-10(11(15)16)13-12(17)14(5-2)8-9-18-6-3/h10H,4-9H2,1-3H3,(H,13,17)(H,15,16)/t10-/m1/s1. The summed E-state index contributed by atoms with van der Waals surface area (Å²) in [6, 6.07) is -1.17. The molecule has 0 aliphatic heterocycles. The Bertz CT molecular complexity index is 258. The van der Waals surface area contributed by atoms with Gasteiger partial charge < -0.3 is 20.1 Å². The van der Waals surface area contributed by atoms with Crippen LogP contribution in [-0.2, 0) is 9.53 Å². The summed E-state index contributed by atoms with van der Waals surface area (Å²) in [7, 11) is 0. The number of hydrogen-bond donors (Lipinski definition) is 2. The molecule has 0 aromatic rings. The van der Waals surface area contributed by atoms with Gasteiger partial charge in [0.1, 0.15) is 6.04 Å². The van der Waals surface area contributed by atoms with Gasteiger partial charge >= 0.3 is 12.0 Å². The topological polar surface area (TPSA) is 78.9 Å². The van der Waals surface area contributed by atoms with Crippen molar-refractivity contribution in [1.29, 1.82) is 0 Å². The second-order valence-electron chi connectivity index (χ2n) is 3.91. The van der Waals surface area contributed by atoms with E-state index < -0.39 is 12.0 Å². The lowest BCUT2D eigenvalue weighted by molar-refractivity contribution is -0.139. The lowest BCUT2D eigenvalue weighted by Crippen LogP contribution is -2.48. The summed E-state index contributed by atoms with van der Waals surface area (Å²) >= 11 is 0. The van der Waals surface area contributed by atoms with Crippen LogP contribution in [0.2, 0.25) is 0 Å². The molecule has 0 unspecified atom stereocenters. The van der Waals surface area contributed by atoms with Gasteiger partial charge in [-0.2, -0.15) is 0 Å². The van der Waals surface area contributed by atoms with Gasteiger partial charge in [0.15, 0.2) is 0 Å². The van der Waals surface area contributed by atoms with Gasteiger partial charge in [0.25, 0.3) is 0 Å². The van der Waals surface area contributed by atoms with Crippen molar-refractivity contribution in [2.75, 3.05) is 26.3 Å². The van der Waals surface area contributed by atoms with Gasteiger partial charge in [-0.3, -0.25) is 0 Å². The number of likely N-dealkylation sites (N-methyl/N-ethyl adjacent to an activating group) is 1. The number of nitrogens with zero attached hydrogens (tertiary/aromatic N) is 1. The second-order valence-corrected chi connectivity index (χ2v) is 3.91. The maximum absolute atomic E-state index is 11.9. The molecule has 0 aromatic carbocycles. The van der Waals surface area contributed by atoms with Crippen molar-refractivity contribution in [3.8, 4) is 0 Å². The molecule has 2 amide bonds. The molecule has 6 heteroatoms. The first kappa shape index (κ1) is 16.7.